The van der Waals surface area contributed by atoms with Crippen LogP contribution in [0.3, 0.4) is 0 Å². The van der Waals surface area contributed by atoms with Crippen molar-refractivity contribution in [3.8, 4) is 0 Å². The molecule has 0 fully saturated rings. The third-order valence-corrected chi connectivity index (χ3v) is 4.05. The van der Waals surface area contributed by atoms with Gasteiger partial charge in [-0.05, 0) is 47.7 Å². The highest BCUT2D eigenvalue weighted by atomic mass is 127. The molecule has 2 rings (SSSR count). The summed E-state index contributed by atoms with van der Waals surface area (Å²) in [4.78, 5) is 12.1. The van der Waals surface area contributed by atoms with Gasteiger partial charge in [-0.2, -0.15) is 0 Å². The maximum atomic E-state index is 12.1. The Balaban J connectivity index is 2.07. The Hall–Kier alpha value is -0.960. The number of aromatic nitrogens is 3. The second kappa shape index (κ2) is 6.47. The first-order chi connectivity index (χ1) is 9.11. The van der Waals surface area contributed by atoms with Crippen LogP contribution < -0.4 is 5.32 Å². The van der Waals surface area contributed by atoms with Crippen molar-refractivity contribution in [2.75, 3.05) is 0 Å². The molecule has 1 N–H and O–H groups in total. The fourth-order valence-electron chi connectivity index (χ4n) is 1.61. The Morgan fingerprint density at radius 3 is 3.05 bits per heavy atom. The number of carbonyl (C=O) groups is 1. The molecule has 1 amide bonds. The van der Waals surface area contributed by atoms with Crippen LogP contribution in [0.25, 0.3) is 0 Å². The van der Waals surface area contributed by atoms with E-state index in [0.29, 0.717) is 12.1 Å². The monoisotopic (exact) mass is 434 g/mol. The third-order valence-electron chi connectivity index (χ3n) is 2.62. The summed E-state index contributed by atoms with van der Waals surface area (Å²) < 4.78 is 3.69. The zero-order valence-electron chi connectivity index (χ0n) is 10.2. The Morgan fingerprint density at radius 2 is 2.32 bits per heavy atom. The molecular weight excluding hydrogens is 423 g/mol. The number of aryl methyl sites for hydroxylation is 1. The minimum Gasteiger partial charge on any atom is -0.345 e. The average molecular weight is 435 g/mol. The molecule has 5 nitrogen and oxygen atoms in total. The lowest BCUT2D eigenvalue weighted by atomic mass is 10.2. The van der Waals surface area contributed by atoms with Crippen molar-refractivity contribution >= 4 is 44.4 Å². The lowest BCUT2D eigenvalue weighted by Gasteiger charge is -2.07. The van der Waals surface area contributed by atoms with E-state index in [-0.39, 0.29) is 5.91 Å². The molecule has 0 radical (unpaired) electrons. The maximum absolute atomic E-state index is 12.1. The summed E-state index contributed by atoms with van der Waals surface area (Å²) in [5.41, 5.74) is 0.650. The summed E-state index contributed by atoms with van der Waals surface area (Å²) in [5.74, 6) is 0.636. The van der Waals surface area contributed by atoms with Gasteiger partial charge in [-0.1, -0.05) is 15.9 Å². The number of hydrogen-bond acceptors (Lipinski definition) is 3. The minimum atomic E-state index is -0.114. The first-order valence-electron chi connectivity index (χ1n) is 5.71. The number of carbonyl (C=O) groups excluding carboxylic acids is 1. The van der Waals surface area contributed by atoms with Crippen LogP contribution in [0.15, 0.2) is 29.0 Å². The van der Waals surface area contributed by atoms with Gasteiger partial charge in [0.2, 0.25) is 0 Å². The normalized spacial score (nSPS) is 10.5. The molecule has 0 aliphatic heterocycles. The number of nitrogens with one attached hydrogen (secondary N) is 1. The number of benzene rings is 1. The molecule has 0 unspecified atom stereocenters. The van der Waals surface area contributed by atoms with Crippen LogP contribution in [-0.4, -0.2) is 20.7 Å². The van der Waals surface area contributed by atoms with Gasteiger partial charge < -0.3 is 9.88 Å². The van der Waals surface area contributed by atoms with Crippen LogP contribution in [0, 0.1) is 3.57 Å². The van der Waals surface area contributed by atoms with Crippen LogP contribution >= 0.6 is 38.5 Å². The number of nitrogens with zero attached hydrogens (tertiary/aromatic N) is 3. The highest BCUT2D eigenvalue weighted by molar-refractivity contribution is 14.1. The molecule has 1 aromatic heterocycles. The Morgan fingerprint density at radius 1 is 1.53 bits per heavy atom. The molecule has 0 aliphatic rings. The Labute approximate surface area is 133 Å². The van der Waals surface area contributed by atoms with E-state index in [2.05, 4.69) is 54.0 Å². The molecule has 0 atom stereocenters. The summed E-state index contributed by atoms with van der Waals surface area (Å²) in [7, 11) is 0. The van der Waals surface area contributed by atoms with Gasteiger partial charge in [0.1, 0.15) is 6.33 Å². The van der Waals surface area contributed by atoms with E-state index >= 15 is 0 Å². The van der Waals surface area contributed by atoms with Crippen LogP contribution in [0.1, 0.15) is 23.1 Å². The van der Waals surface area contributed by atoms with E-state index in [1.54, 1.807) is 6.33 Å². The van der Waals surface area contributed by atoms with Gasteiger partial charge in [-0.3, -0.25) is 4.79 Å². The Bertz CT molecular complexity index is 599. The molecule has 19 heavy (non-hydrogen) atoms. The van der Waals surface area contributed by atoms with Crippen molar-refractivity contribution in [1.29, 1.82) is 0 Å². The maximum Gasteiger partial charge on any atom is 0.252 e. The smallest absolute Gasteiger partial charge is 0.252 e. The molecule has 0 saturated carbocycles. The fourth-order valence-corrected chi connectivity index (χ4v) is 2.55. The average Bonchev–Trinajstić information content (AvgIpc) is 2.86. The van der Waals surface area contributed by atoms with Crippen molar-refractivity contribution in [2.24, 2.45) is 0 Å². The van der Waals surface area contributed by atoms with Crippen molar-refractivity contribution in [1.82, 2.24) is 20.1 Å². The van der Waals surface area contributed by atoms with Gasteiger partial charge in [0, 0.05) is 14.6 Å². The molecule has 7 heteroatoms. The SMILES string of the molecule is CCn1cnnc1CNC(=O)c1cc(Br)ccc1I. The summed E-state index contributed by atoms with van der Waals surface area (Å²) in [6.07, 6.45) is 1.66. The number of halogens is 2. The van der Waals surface area contributed by atoms with Gasteiger partial charge in [-0.25, -0.2) is 0 Å². The molecule has 2 aromatic rings. The third kappa shape index (κ3) is 3.53. The first-order valence-corrected chi connectivity index (χ1v) is 7.59. The molecule has 1 heterocycles. The van der Waals surface area contributed by atoms with Crippen molar-refractivity contribution in [2.45, 2.75) is 20.0 Å². The van der Waals surface area contributed by atoms with E-state index in [0.717, 1.165) is 20.4 Å². The summed E-state index contributed by atoms with van der Waals surface area (Å²) in [5, 5.41) is 10.7. The van der Waals surface area contributed by atoms with E-state index in [1.165, 1.54) is 0 Å². The van der Waals surface area contributed by atoms with Crippen molar-refractivity contribution < 1.29 is 4.79 Å². The zero-order valence-corrected chi connectivity index (χ0v) is 14.0. The van der Waals surface area contributed by atoms with Gasteiger partial charge in [-0.15, -0.1) is 10.2 Å². The highest BCUT2D eigenvalue weighted by Crippen LogP contribution is 2.18. The number of hydrogen-bond donors (Lipinski definition) is 1. The molecule has 0 bridgehead atoms. The molecule has 0 spiro atoms. The van der Waals surface area contributed by atoms with Crippen LogP contribution in [0.5, 0.6) is 0 Å². The molecule has 0 saturated heterocycles. The van der Waals surface area contributed by atoms with E-state index < -0.39 is 0 Å². The van der Waals surface area contributed by atoms with Crippen LogP contribution in [0.4, 0.5) is 0 Å². The second-order valence-corrected chi connectivity index (χ2v) is 5.92. The van der Waals surface area contributed by atoms with Crippen molar-refractivity contribution in [3.05, 3.63) is 44.0 Å². The quantitative estimate of drug-likeness (QED) is 0.752. The highest BCUT2D eigenvalue weighted by Gasteiger charge is 2.11. The Kier molecular flexibility index (Phi) is 4.92. The van der Waals surface area contributed by atoms with Crippen molar-refractivity contribution in [3.63, 3.8) is 0 Å². The van der Waals surface area contributed by atoms with E-state index in [1.807, 2.05) is 29.7 Å². The molecule has 100 valence electrons. The topological polar surface area (TPSA) is 59.8 Å². The van der Waals surface area contributed by atoms with Gasteiger partial charge in [0.15, 0.2) is 5.82 Å². The number of rotatable bonds is 4. The first kappa shape index (κ1) is 14.4. The van der Waals surface area contributed by atoms with Crippen LogP contribution in [0.2, 0.25) is 0 Å². The van der Waals surface area contributed by atoms with E-state index in [9.17, 15) is 4.79 Å². The standard InChI is InChI=1S/C12H12BrIN4O/c1-2-18-7-16-17-11(18)6-15-12(19)9-5-8(13)3-4-10(9)14/h3-5,7H,2,6H2,1H3,(H,15,19). The molecular formula is C12H12BrIN4O. The van der Waals surface area contributed by atoms with Gasteiger partial charge in [0.25, 0.3) is 5.91 Å². The lowest BCUT2D eigenvalue weighted by molar-refractivity contribution is 0.0948. The predicted octanol–water partition coefficient (Wildman–Crippen LogP) is 2.60. The zero-order chi connectivity index (χ0) is 13.8. The van der Waals surface area contributed by atoms with Gasteiger partial charge in [0.05, 0.1) is 12.1 Å². The molecule has 0 aliphatic carbocycles. The summed E-state index contributed by atoms with van der Waals surface area (Å²) >= 11 is 5.51. The predicted molar refractivity (Wildman–Crippen MR) is 83.7 cm³/mol. The van der Waals surface area contributed by atoms with Crippen LogP contribution in [-0.2, 0) is 13.1 Å². The minimum absolute atomic E-state index is 0.114. The molecule has 1 aromatic carbocycles. The summed E-state index contributed by atoms with van der Waals surface area (Å²) in [6.45, 7) is 3.16. The fraction of sp³-hybridized carbons (Fsp3) is 0.250. The largest absolute Gasteiger partial charge is 0.345 e. The van der Waals surface area contributed by atoms with E-state index in [4.69, 9.17) is 0 Å². The van der Waals surface area contributed by atoms with Gasteiger partial charge >= 0.3 is 0 Å². The summed E-state index contributed by atoms with van der Waals surface area (Å²) in [6, 6.07) is 5.61. The second-order valence-electron chi connectivity index (χ2n) is 3.84. The number of amides is 1. The lowest BCUT2D eigenvalue weighted by Crippen LogP contribution is -2.25.